The van der Waals surface area contributed by atoms with E-state index in [2.05, 4.69) is 10.3 Å². The second-order valence-corrected chi connectivity index (χ2v) is 4.18. The number of hydrogen-bond donors (Lipinski definition) is 2. The number of nitrogens with one attached hydrogen (secondary N) is 1. The lowest BCUT2D eigenvalue weighted by atomic mass is 10.4. The molecule has 2 N–H and O–H groups in total. The summed E-state index contributed by atoms with van der Waals surface area (Å²) >= 11 is 5.24. The number of aliphatic hydroxyl groups excluding tert-OH is 1. The van der Waals surface area contributed by atoms with Crippen LogP contribution in [-0.4, -0.2) is 33.6 Å². The molecule has 0 fully saturated rings. The smallest absolute Gasteiger partial charge is 0.330 e. The summed E-state index contributed by atoms with van der Waals surface area (Å²) in [4.78, 5) is 16.1. The SMILES string of the molecule is C/C=N\c1c(NCCCO)c(=S)n(C)c(=O)n1C. The Morgan fingerprint density at radius 2 is 2.11 bits per heavy atom. The lowest BCUT2D eigenvalue weighted by Crippen LogP contribution is -2.28. The Kier molecular flexibility index (Phi) is 5.24. The Balaban J connectivity index is 3.37. The van der Waals surface area contributed by atoms with Gasteiger partial charge in [0, 0.05) is 33.5 Å². The van der Waals surface area contributed by atoms with Crippen LogP contribution in [0, 0.1) is 4.64 Å². The van der Waals surface area contributed by atoms with E-state index in [-0.39, 0.29) is 12.3 Å². The summed E-state index contributed by atoms with van der Waals surface area (Å²) in [5.41, 5.74) is 0.425. The number of nitrogens with zero attached hydrogens (tertiary/aromatic N) is 3. The molecular formula is C11H18N4O2S. The Morgan fingerprint density at radius 1 is 1.44 bits per heavy atom. The summed E-state index contributed by atoms with van der Waals surface area (Å²) in [7, 11) is 3.28. The number of rotatable bonds is 5. The van der Waals surface area contributed by atoms with Crippen LogP contribution in [0.3, 0.4) is 0 Å². The van der Waals surface area contributed by atoms with Crippen molar-refractivity contribution in [2.24, 2.45) is 19.1 Å². The van der Waals surface area contributed by atoms with E-state index in [0.29, 0.717) is 29.1 Å². The number of hydrogen-bond acceptors (Lipinski definition) is 5. The number of aliphatic hydroxyl groups is 1. The van der Waals surface area contributed by atoms with Crippen LogP contribution in [0.4, 0.5) is 11.5 Å². The van der Waals surface area contributed by atoms with Crippen molar-refractivity contribution in [3.05, 3.63) is 15.1 Å². The molecule has 0 bridgehead atoms. The van der Waals surface area contributed by atoms with Crippen molar-refractivity contribution in [1.29, 1.82) is 0 Å². The first-order valence-corrected chi connectivity index (χ1v) is 6.08. The summed E-state index contributed by atoms with van der Waals surface area (Å²) in [5, 5.41) is 11.9. The molecule has 0 aliphatic heterocycles. The van der Waals surface area contributed by atoms with Gasteiger partial charge in [0.05, 0.1) is 0 Å². The van der Waals surface area contributed by atoms with Crippen molar-refractivity contribution in [3.8, 4) is 0 Å². The minimum Gasteiger partial charge on any atom is -0.396 e. The Hall–Kier alpha value is -1.47. The van der Waals surface area contributed by atoms with Gasteiger partial charge in [-0.15, -0.1) is 0 Å². The molecule has 18 heavy (non-hydrogen) atoms. The molecule has 1 rings (SSSR count). The fraction of sp³-hybridized carbons (Fsp3) is 0.545. The second-order valence-electron chi connectivity index (χ2n) is 3.80. The minimum atomic E-state index is -0.215. The third-order valence-electron chi connectivity index (χ3n) is 2.52. The molecule has 0 unspecified atom stereocenters. The molecule has 1 aromatic rings. The zero-order valence-electron chi connectivity index (χ0n) is 10.8. The average molecular weight is 270 g/mol. The molecule has 100 valence electrons. The van der Waals surface area contributed by atoms with Gasteiger partial charge >= 0.3 is 5.69 Å². The first kappa shape index (κ1) is 14.6. The topological polar surface area (TPSA) is 71.6 Å². The molecule has 0 spiro atoms. The van der Waals surface area contributed by atoms with Crippen molar-refractivity contribution in [3.63, 3.8) is 0 Å². The Bertz CT molecular complexity index is 559. The number of aliphatic imine (C=N–C) groups is 1. The highest BCUT2D eigenvalue weighted by molar-refractivity contribution is 7.71. The van der Waals surface area contributed by atoms with Gasteiger partial charge in [0.1, 0.15) is 10.3 Å². The quantitative estimate of drug-likeness (QED) is 0.475. The summed E-state index contributed by atoms with van der Waals surface area (Å²) in [5.74, 6) is 0.503. The highest BCUT2D eigenvalue weighted by atomic mass is 32.1. The lowest BCUT2D eigenvalue weighted by Gasteiger charge is -2.14. The van der Waals surface area contributed by atoms with Crippen LogP contribution in [0.2, 0.25) is 0 Å². The van der Waals surface area contributed by atoms with Crippen LogP contribution in [0.25, 0.3) is 0 Å². The minimum absolute atomic E-state index is 0.101. The molecule has 0 saturated heterocycles. The molecule has 0 aliphatic rings. The van der Waals surface area contributed by atoms with E-state index in [1.165, 1.54) is 9.13 Å². The van der Waals surface area contributed by atoms with E-state index in [0.717, 1.165) is 0 Å². The fourth-order valence-electron chi connectivity index (χ4n) is 1.55. The van der Waals surface area contributed by atoms with Crippen molar-refractivity contribution < 1.29 is 5.11 Å². The van der Waals surface area contributed by atoms with E-state index >= 15 is 0 Å². The molecule has 6 nitrogen and oxygen atoms in total. The first-order valence-electron chi connectivity index (χ1n) is 5.68. The predicted octanol–water partition coefficient (Wildman–Crippen LogP) is 0.970. The van der Waals surface area contributed by atoms with Crippen LogP contribution in [0.1, 0.15) is 13.3 Å². The molecular weight excluding hydrogens is 252 g/mol. The van der Waals surface area contributed by atoms with Crippen LogP contribution in [-0.2, 0) is 14.1 Å². The molecule has 1 aromatic heterocycles. The van der Waals surface area contributed by atoms with Crippen LogP contribution in [0.15, 0.2) is 9.79 Å². The zero-order valence-corrected chi connectivity index (χ0v) is 11.6. The normalized spacial score (nSPS) is 11.1. The maximum Gasteiger partial charge on any atom is 0.330 e. The first-order chi connectivity index (χ1) is 8.54. The molecule has 0 aromatic carbocycles. The maximum atomic E-state index is 11.9. The van der Waals surface area contributed by atoms with E-state index in [1.54, 1.807) is 27.2 Å². The van der Waals surface area contributed by atoms with Crippen LogP contribution in [0.5, 0.6) is 0 Å². The van der Waals surface area contributed by atoms with Gasteiger partial charge in [-0.2, -0.15) is 0 Å². The average Bonchev–Trinajstić information content (AvgIpc) is 2.37. The zero-order chi connectivity index (χ0) is 13.7. The summed E-state index contributed by atoms with van der Waals surface area (Å²) in [6, 6.07) is 0. The van der Waals surface area contributed by atoms with Gasteiger partial charge in [0.25, 0.3) is 0 Å². The van der Waals surface area contributed by atoms with Gasteiger partial charge in [-0.05, 0) is 13.3 Å². The molecule has 1 heterocycles. The van der Waals surface area contributed by atoms with E-state index < -0.39 is 0 Å². The van der Waals surface area contributed by atoms with Crippen molar-refractivity contribution >= 4 is 29.9 Å². The Morgan fingerprint density at radius 3 is 2.67 bits per heavy atom. The van der Waals surface area contributed by atoms with Crippen molar-refractivity contribution in [2.45, 2.75) is 13.3 Å². The molecule has 0 aliphatic carbocycles. The molecule has 0 amide bonds. The van der Waals surface area contributed by atoms with E-state index in [4.69, 9.17) is 17.3 Å². The second kappa shape index (κ2) is 6.46. The standard InChI is InChI=1S/C11H18N4O2S/c1-4-12-9-8(13-6-5-7-16)10(18)15(3)11(17)14(9)2/h4,13,16H,5-7H2,1-3H3/b12-4-. The highest BCUT2D eigenvalue weighted by Gasteiger charge is 2.11. The third kappa shape index (κ3) is 2.85. The van der Waals surface area contributed by atoms with Gasteiger partial charge in [0.2, 0.25) is 0 Å². The van der Waals surface area contributed by atoms with Gasteiger partial charge in [0.15, 0.2) is 5.82 Å². The highest BCUT2D eigenvalue weighted by Crippen LogP contribution is 2.23. The summed E-state index contributed by atoms with van der Waals surface area (Å²) in [6.07, 6.45) is 2.22. The molecule has 7 heteroatoms. The fourth-order valence-corrected chi connectivity index (χ4v) is 1.80. The van der Waals surface area contributed by atoms with Gasteiger partial charge in [-0.25, -0.2) is 9.79 Å². The van der Waals surface area contributed by atoms with Crippen LogP contribution < -0.4 is 11.0 Å². The third-order valence-corrected chi connectivity index (χ3v) is 3.00. The maximum absolute atomic E-state index is 11.9. The lowest BCUT2D eigenvalue weighted by molar-refractivity contribution is 0.292. The number of aromatic nitrogens is 2. The molecule has 0 saturated carbocycles. The van der Waals surface area contributed by atoms with Crippen LogP contribution >= 0.6 is 12.2 Å². The number of anilines is 1. The van der Waals surface area contributed by atoms with Gasteiger partial charge in [-0.1, -0.05) is 12.2 Å². The predicted molar refractivity (Wildman–Crippen MR) is 75.5 cm³/mol. The van der Waals surface area contributed by atoms with Crippen molar-refractivity contribution in [1.82, 2.24) is 9.13 Å². The summed E-state index contributed by atoms with van der Waals surface area (Å²) in [6.45, 7) is 2.45. The van der Waals surface area contributed by atoms with Gasteiger partial charge in [-0.3, -0.25) is 9.13 Å². The van der Waals surface area contributed by atoms with Crippen molar-refractivity contribution in [2.75, 3.05) is 18.5 Å². The van der Waals surface area contributed by atoms with E-state index in [1.807, 2.05) is 0 Å². The monoisotopic (exact) mass is 270 g/mol. The summed E-state index contributed by atoms with van der Waals surface area (Å²) < 4.78 is 3.25. The molecule has 0 atom stereocenters. The Labute approximate surface area is 111 Å². The molecule has 0 radical (unpaired) electrons. The largest absolute Gasteiger partial charge is 0.396 e. The van der Waals surface area contributed by atoms with E-state index in [9.17, 15) is 4.79 Å². The van der Waals surface area contributed by atoms with Gasteiger partial charge < -0.3 is 10.4 Å².